The van der Waals surface area contributed by atoms with E-state index >= 15 is 0 Å². The molecule has 0 saturated heterocycles. The van der Waals surface area contributed by atoms with Crippen molar-refractivity contribution in [2.24, 2.45) is 0 Å². The lowest BCUT2D eigenvalue weighted by Crippen LogP contribution is -2.07. The van der Waals surface area contributed by atoms with Crippen LogP contribution in [0, 0.1) is 0 Å². The molecule has 19 heavy (non-hydrogen) atoms. The minimum absolute atomic E-state index is 0.0214. The van der Waals surface area contributed by atoms with E-state index in [1.807, 2.05) is 0 Å². The van der Waals surface area contributed by atoms with Crippen LogP contribution >= 0.6 is 11.6 Å². The van der Waals surface area contributed by atoms with Crippen molar-refractivity contribution in [3.05, 3.63) is 34.7 Å². The van der Waals surface area contributed by atoms with E-state index in [2.05, 4.69) is 15.3 Å². The Hall–Kier alpha value is -1.76. The number of rotatable bonds is 3. The van der Waals surface area contributed by atoms with E-state index in [4.69, 9.17) is 16.3 Å². The highest BCUT2D eigenvalue weighted by molar-refractivity contribution is 6.28. The number of halogens is 4. The summed E-state index contributed by atoms with van der Waals surface area (Å²) in [5.74, 6) is -4.00. The number of nitrogens with zero attached hydrogens (tertiary/aromatic N) is 2. The largest absolute Gasteiger partial charge is 0.453 e. The Labute approximate surface area is 112 Å². The Morgan fingerprint density at radius 1 is 1.26 bits per heavy atom. The van der Waals surface area contributed by atoms with Crippen LogP contribution in [0.15, 0.2) is 29.4 Å². The predicted octanol–water partition coefficient (Wildman–Crippen LogP) is 3.68. The normalized spacial score (nSPS) is 15.8. The van der Waals surface area contributed by atoms with Gasteiger partial charge in [-0.15, -0.1) is 0 Å². The van der Waals surface area contributed by atoms with Crippen molar-refractivity contribution >= 4 is 17.4 Å². The van der Waals surface area contributed by atoms with Crippen molar-refractivity contribution in [3.8, 4) is 5.75 Å². The van der Waals surface area contributed by atoms with Gasteiger partial charge in [0.1, 0.15) is 11.6 Å². The minimum atomic E-state index is -1.53. The Morgan fingerprint density at radius 3 is 2.68 bits per heavy atom. The molecule has 1 aromatic heterocycles. The zero-order chi connectivity index (χ0) is 14.0. The molecule has 4 nitrogen and oxygen atoms in total. The van der Waals surface area contributed by atoms with Crippen LogP contribution in [-0.2, 0) is 0 Å². The highest BCUT2D eigenvalue weighted by Gasteiger charge is 2.25. The van der Waals surface area contributed by atoms with Crippen molar-refractivity contribution < 1.29 is 17.9 Å². The molecule has 0 amide bonds. The number of aromatic nitrogens is 2. The molecule has 1 aliphatic rings. The molecule has 1 aliphatic carbocycles. The van der Waals surface area contributed by atoms with Crippen LogP contribution in [0.4, 0.5) is 19.0 Å². The van der Waals surface area contributed by atoms with Crippen LogP contribution < -0.4 is 10.1 Å². The number of allylic oxidation sites excluding steroid dienone is 4. The van der Waals surface area contributed by atoms with Crippen molar-refractivity contribution in [3.63, 3.8) is 0 Å². The van der Waals surface area contributed by atoms with Gasteiger partial charge in [-0.3, -0.25) is 0 Å². The van der Waals surface area contributed by atoms with Crippen LogP contribution in [0.1, 0.15) is 12.8 Å². The molecule has 102 valence electrons. The molecule has 2 rings (SSSR count). The van der Waals surface area contributed by atoms with Gasteiger partial charge in [0.2, 0.25) is 5.28 Å². The lowest BCUT2D eigenvalue weighted by molar-refractivity contribution is 0.341. The van der Waals surface area contributed by atoms with E-state index in [0.29, 0.717) is 0 Å². The van der Waals surface area contributed by atoms with Crippen molar-refractivity contribution in [2.45, 2.75) is 12.8 Å². The van der Waals surface area contributed by atoms with E-state index in [0.717, 1.165) is 0 Å². The Morgan fingerprint density at radius 2 is 2.00 bits per heavy atom. The summed E-state index contributed by atoms with van der Waals surface area (Å²) in [5, 5.41) is 2.65. The van der Waals surface area contributed by atoms with Gasteiger partial charge >= 0.3 is 0 Å². The van der Waals surface area contributed by atoms with Crippen molar-refractivity contribution in [1.29, 1.82) is 0 Å². The third kappa shape index (κ3) is 2.81. The second kappa shape index (κ2) is 5.48. The molecule has 0 aromatic carbocycles. The summed E-state index contributed by atoms with van der Waals surface area (Å²) in [5.41, 5.74) is 0. The van der Waals surface area contributed by atoms with Gasteiger partial charge in [-0.25, -0.2) is 13.8 Å². The molecule has 1 N–H and O–H groups in total. The van der Waals surface area contributed by atoms with Crippen LogP contribution in [0.5, 0.6) is 5.75 Å². The van der Waals surface area contributed by atoms with Crippen LogP contribution in [0.3, 0.4) is 0 Å². The summed E-state index contributed by atoms with van der Waals surface area (Å²) in [6, 6.07) is 0. The molecule has 8 heteroatoms. The van der Waals surface area contributed by atoms with Gasteiger partial charge in [-0.05, 0) is 11.6 Å². The molecule has 0 spiro atoms. The highest BCUT2D eigenvalue weighted by atomic mass is 35.5. The summed E-state index contributed by atoms with van der Waals surface area (Å²) in [6.07, 6.45) is 0.878. The van der Waals surface area contributed by atoms with Gasteiger partial charge in [0.05, 0.1) is 6.20 Å². The standard InChI is InChI=1S/C11H9ClF3N3O/c1-16-10-7(4-17-11(12)18-10)19-6-3-2-5(13)8(14)9(6)15/h4H,2-3H2,1H3,(H,16,17,18). The average Bonchev–Trinajstić information content (AvgIpc) is 2.41. The summed E-state index contributed by atoms with van der Waals surface area (Å²) in [6.45, 7) is 0. The third-order valence-corrected chi connectivity index (χ3v) is 2.63. The maximum atomic E-state index is 13.5. The number of hydrogen-bond acceptors (Lipinski definition) is 4. The Bertz CT molecular complexity index is 574. The first kappa shape index (κ1) is 13.7. The fraction of sp³-hybridized carbons (Fsp3) is 0.273. The Kier molecular flexibility index (Phi) is 3.94. The number of ether oxygens (including phenoxy) is 1. The molecular formula is C11H9ClF3N3O. The number of nitrogens with one attached hydrogen (secondary N) is 1. The smallest absolute Gasteiger partial charge is 0.224 e. The molecule has 1 heterocycles. The molecule has 0 fully saturated rings. The molecule has 0 bridgehead atoms. The van der Waals surface area contributed by atoms with Gasteiger partial charge in [0.15, 0.2) is 23.2 Å². The maximum absolute atomic E-state index is 13.5. The second-order valence-corrected chi connectivity index (χ2v) is 4.00. The maximum Gasteiger partial charge on any atom is 0.224 e. The summed E-state index contributed by atoms with van der Waals surface area (Å²) < 4.78 is 44.6. The number of hydrogen-bond donors (Lipinski definition) is 1. The lowest BCUT2D eigenvalue weighted by atomic mass is 10.1. The third-order valence-electron chi connectivity index (χ3n) is 2.44. The molecular weight excluding hydrogens is 283 g/mol. The monoisotopic (exact) mass is 291 g/mol. The van der Waals surface area contributed by atoms with E-state index in [1.54, 1.807) is 7.05 Å². The molecule has 0 saturated carbocycles. The van der Waals surface area contributed by atoms with E-state index < -0.39 is 17.5 Å². The average molecular weight is 292 g/mol. The fourth-order valence-electron chi connectivity index (χ4n) is 1.52. The van der Waals surface area contributed by atoms with Gasteiger partial charge in [-0.1, -0.05) is 0 Å². The van der Waals surface area contributed by atoms with Crippen LogP contribution in [-0.4, -0.2) is 17.0 Å². The SMILES string of the molecule is CNc1nc(Cl)ncc1OC1=C(F)C(F)=C(F)CC1. The van der Waals surface area contributed by atoms with Crippen molar-refractivity contribution in [2.75, 3.05) is 12.4 Å². The number of anilines is 1. The van der Waals surface area contributed by atoms with E-state index in [1.165, 1.54) is 6.20 Å². The van der Waals surface area contributed by atoms with Gasteiger partial charge in [0.25, 0.3) is 0 Å². The van der Waals surface area contributed by atoms with E-state index in [9.17, 15) is 13.2 Å². The second-order valence-electron chi connectivity index (χ2n) is 3.66. The molecule has 1 aromatic rings. The molecule has 0 unspecified atom stereocenters. The molecule has 0 aliphatic heterocycles. The van der Waals surface area contributed by atoms with Gasteiger partial charge in [-0.2, -0.15) is 9.37 Å². The molecule has 0 atom stereocenters. The topological polar surface area (TPSA) is 47.0 Å². The van der Waals surface area contributed by atoms with Crippen LogP contribution in [0.25, 0.3) is 0 Å². The quantitative estimate of drug-likeness (QED) is 0.863. The Balaban J connectivity index is 2.32. The fourth-order valence-corrected chi connectivity index (χ4v) is 1.65. The first-order valence-electron chi connectivity index (χ1n) is 5.34. The first-order chi connectivity index (χ1) is 9.02. The minimum Gasteiger partial charge on any atom is -0.453 e. The summed E-state index contributed by atoms with van der Waals surface area (Å²) >= 11 is 5.59. The zero-order valence-electron chi connectivity index (χ0n) is 9.81. The van der Waals surface area contributed by atoms with E-state index in [-0.39, 0.29) is 35.5 Å². The van der Waals surface area contributed by atoms with Crippen LogP contribution in [0.2, 0.25) is 5.28 Å². The van der Waals surface area contributed by atoms with Crippen molar-refractivity contribution in [1.82, 2.24) is 9.97 Å². The lowest BCUT2D eigenvalue weighted by Gasteiger charge is -2.16. The van der Waals surface area contributed by atoms with Gasteiger partial charge < -0.3 is 10.1 Å². The van der Waals surface area contributed by atoms with Gasteiger partial charge in [0, 0.05) is 19.9 Å². The molecule has 0 radical (unpaired) electrons. The summed E-state index contributed by atoms with van der Waals surface area (Å²) in [4.78, 5) is 7.49. The highest BCUT2D eigenvalue weighted by Crippen LogP contribution is 2.35. The zero-order valence-corrected chi connectivity index (χ0v) is 10.6. The predicted molar refractivity (Wildman–Crippen MR) is 63.8 cm³/mol. The summed E-state index contributed by atoms with van der Waals surface area (Å²) in [7, 11) is 1.55. The first-order valence-corrected chi connectivity index (χ1v) is 5.72.